The van der Waals surface area contributed by atoms with E-state index >= 15 is 0 Å². The first-order valence-corrected chi connectivity index (χ1v) is 6.06. The monoisotopic (exact) mass is 251 g/mol. The van der Waals surface area contributed by atoms with Crippen molar-refractivity contribution in [3.8, 4) is 0 Å². The molecule has 0 aromatic rings. The maximum absolute atomic E-state index is 12.4. The Morgan fingerprint density at radius 3 is 2.41 bits per heavy atom. The molecule has 0 spiro atoms. The van der Waals surface area contributed by atoms with Crippen molar-refractivity contribution >= 4 is 0 Å². The Labute approximate surface area is 100 Å². The second-order valence-corrected chi connectivity index (χ2v) is 4.44. The van der Waals surface area contributed by atoms with Gasteiger partial charge in [0.25, 0.3) is 0 Å². The van der Waals surface area contributed by atoms with Gasteiger partial charge in [0.05, 0.1) is 18.8 Å². The van der Waals surface area contributed by atoms with Gasteiger partial charge >= 0.3 is 6.18 Å². The van der Waals surface area contributed by atoms with E-state index in [0.717, 1.165) is 13.0 Å². The molecule has 1 aliphatic rings. The first-order chi connectivity index (χ1) is 8.04. The van der Waals surface area contributed by atoms with Crippen LogP contribution in [0.2, 0.25) is 0 Å². The molecule has 17 heavy (non-hydrogen) atoms. The third kappa shape index (κ3) is 5.44. The van der Waals surface area contributed by atoms with Crippen molar-refractivity contribution in [2.45, 2.75) is 44.3 Å². The lowest BCUT2D eigenvalue weighted by Gasteiger charge is -2.30. The fourth-order valence-corrected chi connectivity index (χ4v) is 2.17. The van der Waals surface area contributed by atoms with Crippen LogP contribution in [-0.4, -0.2) is 25.4 Å². The van der Waals surface area contributed by atoms with Gasteiger partial charge in [-0.1, -0.05) is 6.58 Å². The molecule has 5 heteroatoms. The largest absolute Gasteiger partial charge is 0.502 e. The average molecular weight is 251 g/mol. The number of nitrogens with one attached hydrogen (secondary N) is 1. The number of halogens is 3. The zero-order valence-corrected chi connectivity index (χ0v) is 9.93. The van der Waals surface area contributed by atoms with Crippen molar-refractivity contribution in [2.24, 2.45) is 5.92 Å². The number of ether oxygens (including phenoxy) is 1. The van der Waals surface area contributed by atoms with E-state index in [1.807, 2.05) is 0 Å². The molecule has 1 rings (SSSR count). The predicted octanol–water partition coefficient (Wildman–Crippen LogP) is 3.25. The topological polar surface area (TPSA) is 21.3 Å². The summed E-state index contributed by atoms with van der Waals surface area (Å²) in [4.78, 5) is 0. The molecule has 1 saturated carbocycles. The van der Waals surface area contributed by atoms with E-state index in [2.05, 4.69) is 11.9 Å². The van der Waals surface area contributed by atoms with Crippen LogP contribution >= 0.6 is 0 Å². The Morgan fingerprint density at radius 2 is 1.88 bits per heavy atom. The average Bonchev–Trinajstić information content (AvgIpc) is 2.28. The number of alkyl halides is 3. The van der Waals surface area contributed by atoms with Crippen LogP contribution in [0.1, 0.15) is 32.1 Å². The molecular formula is C12H20F3NO. The molecule has 0 heterocycles. The van der Waals surface area contributed by atoms with Crippen molar-refractivity contribution in [1.29, 1.82) is 0 Å². The van der Waals surface area contributed by atoms with E-state index in [1.165, 1.54) is 6.26 Å². The lowest BCUT2D eigenvalue weighted by Crippen LogP contribution is -2.37. The summed E-state index contributed by atoms with van der Waals surface area (Å²) in [5.41, 5.74) is 0. The highest BCUT2D eigenvalue weighted by atomic mass is 19.4. The van der Waals surface area contributed by atoms with Crippen LogP contribution in [0.3, 0.4) is 0 Å². The summed E-state index contributed by atoms with van der Waals surface area (Å²) in [5.74, 6) is -1.09. The minimum atomic E-state index is -4.01. The van der Waals surface area contributed by atoms with Crippen molar-refractivity contribution in [3.63, 3.8) is 0 Å². The molecule has 100 valence electrons. The molecule has 1 fully saturated rings. The summed E-state index contributed by atoms with van der Waals surface area (Å²) < 4.78 is 42.2. The molecule has 2 nitrogen and oxygen atoms in total. The zero-order valence-electron chi connectivity index (χ0n) is 9.93. The highest BCUT2D eigenvalue weighted by molar-refractivity contribution is 4.80. The van der Waals surface area contributed by atoms with Gasteiger partial charge in [0.2, 0.25) is 0 Å². The van der Waals surface area contributed by atoms with E-state index in [0.29, 0.717) is 19.4 Å². The van der Waals surface area contributed by atoms with Crippen molar-refractivity contribution in [3.05, 3.63) is 12.8 Å². The van der Waals surface area contributed by atoms with Crippen LogP contribution in [0, 0.1) is 5.92 Å². The number of hydrogen-bond donors (Lipinski definition) is 1. The summed E-state index contributed by atoms with van der Waals surface area (Å²) in [7, 11) is 0. The molecule has 0 aromatic carbocycles. The van der Waals surface area contributed by atoms with Crippen molar-refractivity contribution < 1.29 is 17.9 Å². The van der Waals surface area contributed by atoms with Gasteiger partial charge in [-0.15, -0.1) is 0 Å². The molecule has 0 bridgehead atoms. The third-order valence-electron chi connectivity index (χ3n) is 3.18. The van der Waals surface area contributed by atoms with E-state index < -0.39 is 12.1 Å². The van der Waals surface area contributed by atoms with Crippen LogP contribution in [0.15, 0.2) is 12.8 Å². The van der Waals surface area contributed by atoms with E-state index in [-0.39, 0.29) is 18.9 Å². The SMILES string of the molecule is C=COCCCNC1CCC(C(F)(F)F)CC1. The van der Waals surface area contributed by atoms with Gasteiger partial charge in [-0.05, 0) is 38.6 Å². The van der Waals surface area contributed by atoms with Gasteiger partial charge in [-0.25, -0.2) is 0 Å². The molecule has 0 unspecified atom stereocenters. The smallest absolute Gasteiger partial charge is 0.391 e. The Kier molecular flexibility index (Phi) is 5.82. The lowest BCUT2D eigenvalue weighted by atomic mass is 9.85. The summed E-state index contributed by atoms with van der Waals surface area (Å²) >= 11 is 0. The molecule has 0 radical (unpaired) electrons. The van der Waals surface area contributed by atoms with Gasteiger partial charge in [-0.3, -0.25) is 0 Å². The standard InChI is InChI=1S/C12H20F3NO/c1-2-17-9-3-8-16-11-6-4-10(5-7-11)12(13,14)15/h2,10-11,16H,1,3-9H2. The summed E-state index contributed by atoms with van der Waals surface area (Å²) in [6.45, 7) is 4.82. The van der Waals surface area contributed by atoms with Gasteiger partial charge in [0.15, 0.2) is 0 Å². The molecule has 0 amide bonds. The van der Waals surface area contributed by atoms with Crippen molar-refractivity contribution in [2.75, 3.05) is 13.2 Å². The minimum Gasteiger partial charge on any atom is -0.502 e. The van der Waals surface area contributed by atoms with Gasteiger partial charge in [-0.2, -0.15) is 13.2 Å². The maximum Gasteiger partial charge on any atom is 0.391 e. The summed E-state index contributed by atoms with van der Waals surface area (Å²) in [6.07, 6.45) is -0.0177. The van der Waals surface area contributed by atoms with E-state index in [9.17, 15) is 13.2 Å². The fourth-order valence-electron chi connectivity index (χ4n) is 2.17. The van der Waals surface area contributed by atoms with Crippen molar-refractivity contribution in [1.82, 2.24) is 5.32 Å². The van der Waals surface area contributed by atoms with Crippen LogP contribution in [0.5, 0.6) is 0 Å². The summed E-state index contributed by atoms with van der Waals surface area (Å²) in [6, 6.07) is 0.234. The Balaban J connectivity index is 2.09. The third-order valence-corrected chi connectivity index (χ3v) is 3.18. The summed E-state index contributed by atoms with van der Waals surface area (Å²) in [5, 5.41) is 3.27. The molecular weight excluding hydrogens is 231 g/mol. The van der Waals surface area contributed by atoms with Crippen LogP contribution in [-0.2, 0) is 4.74 Å². The highest BCUT2D eigenvalue weighted by Gasteiger charge is 2.41. The van der Waals surface area contributed by atoms with Gasteiger partial charge < -0.3 is 10.1 Å². The molecule has 1 N–H and O–H groups in total. The first-order valence-electron chi connectivity index (χ1n) is 6.06. The highest BCUT2D eigenvalue weighted by Crippen LogP contribution is 2.37. The fraction of sp³-hybridized carbons (Fsp3) is 0.833. The van der Waals surface area contributed by atoms with E-state index in [4.69, 9.17) is 4.74 Å². The number of hydrogen-bond acceptors (Lipinski definition) is 2. The Morgan fingerprint density at radius 1 is 1.24 bits per heavy atom. The Bertz CT molecular complexity index is 222. The van der Waals surface area contributed by atoms with Crippen LogP contribution < -0.4 is 5.32 Å². The first kappa shape index (κ1) is 14.4. The normalized spacial score (nSPS) is 25.6. The molecule has 0 aromatic heterocycles. The second-order valence-electron chi connectivity index (χ2n) is 4.44. The van der Waals surface area contributed by atoms with Gasteiger partial charge in [0.1, 0.15) is 0 Å². The van der Waals surface area contributed by atoms with Crippen LogP contribution in [0.25, 0.3) is 0 Å². The van der Waals surface area contributed by atoms with Gasteiger partial charge in [0, 0.05) is 6.04 Å². The van der Waals surface area contributed by atoms with Crippen LogP contribution in [0.4, 0.5) is 13.2 Å². The lowest BCUT2D eigenvalue weighted by molar-refractivity contribution is -0.182. The molecule has 0 aliphatic heterocycles. The maximum atomic E-state index is 12.4. The quantitative estimate of drug-likeness (QED) is 0.578. The van der Waals surface area contributed by atoms with E-state index in [1.54, 1.807) is 0 Å². The second kappa shape index (κ2) is 6.89. The predicted molar refractivity (Wildman–Crippen MR) is 60.6 cm³/mol. The number of rotatable bonds is 6. The Hall–Kier alpha value is -0.710. The molecule has 0 saturated heterocycles. The zero-order chi connectivity index (χ0) is 12.7. The minimum absolute atomic E-state index is 0.234. The molecule has 0 atom stereocenters. The molecule has 1 aliphatic carbocycles.